The van der Waals surface area contributed by atoms with Crippen LogP contribution in [-0.2, 0) is 23.0 Å². The lowest BCUT2D eigenvalue weighted by atomic mass is 9.93. The van der Waals surface area contributed by atoms with Crippen LogP contribution in [-0.4, -0.2) is 14.2 Å². The molecule has 0 saturated carbocycles. The van der Waals surface area contributed by atoms with Crippen molar-refractivity contribution < 1.29 is 9.47 Å². The molecular formula is C24H32O2S2. The van der Waals surface area contributed by atoms with Crippen molar-refractivity contribution in [2.24, 2.45) is 0 Å². The van der Waals surface area contributed by atoms with Gasteiger partial charge in [-0.25, -0.2) is 0 Å². The predicted molar refractivity (Wildman–Crippen MR) is 124 cm³/mol. The van der Waals surface area contributed by atoms with E-state index in [1.54, 1.807) is 14.2 Å². The molecule has 0 fully saturated rings. The Morgan fingerprint density at radius 1 is 0.464 bits per heavy atom. The first-order valence-electron chi connectivity index (χ1n) is 9.79. The molecule has 0 atom stereocenters. The predicted octanol–water partition coefficient (Wildman–Crippen LogP) is 6.73. The molecule has 1 aliphatic rings. The Hall–Kier alpha value is -1.26. The fourth-order valence-corrected chi connectivity index (χ4v) is 7.34. The molecule has 2 aromatic rings. The third-order valence-electron chi connectivity index (χ3n) is 6.38. The number of methoxy groups -OCH3 is 2. The van der Waals surface area contributed by atoms with Crippen LogP contribution < -0.4 is 9.47 Å². The molecule has 0 aromatic heterocycles. The van der Waals surface area contributed by atoms with Gasteiger partial charge in [0.05, 0.1) is 14.2 Å². The third kappa shape index (κ3) is 3.54. The van der Waals surface area contributed by atoms with Crippen molar-refractivity contribution in [3.05, 3.63) is 55.6 Å². The van der Waals surface area contributed by atoms with Gasteiger partial charge in [0.15, 0.2) is 0 Å². The Morgan fingerprint density at radius 2 is 0.714 bits per heavy atom. The minimum Gasteiger partial charge on any atom is -0.496 e. The quantitative estimate of drug-likeness (QED) is 0.540. The molecule has 0 radical (unpaired) electrons. The fraction of sp³-hybridized carbons (Fsp3) is 0.500. The van der Waals surface area contributed by atoms with Crippen LogP contribution in [0.15, 0.2) is 0 Å². The van der Waals surface area contributed by atoms with E-state index in [9.17, 15) is 0 Å². The highest BCUT2D eigenvalue weighted by Gasteiger charge is 2.21. The molecule has 0 aliphatic carbocycles. The standard InChI is InChI=1S/C24H32O2S2/c1-13-19-9-27-11-21-14(2)22(18(6)24(26-8)17(21)5)12-28-10-20(13)16(4)23(25-7)15(19)3/h9-12H2,1-8H3. The number of ether oxygens (including phenoxy) is 2. The van der Waals surface area contributed by atoms with Crippen LogP contribution in [0.3, 0.4) is 0 Å². The molecule has 152 valence electrons. The summed E-state index contributed by atoms with van der Waals surface area (Å²) in [6.45, 7) is 13.4. The molecule has 4 bridgehead atoms. The topological polar surface area (TPSA) is 18.5 Å². The van der Waals surface area contributed by atoms with Crippen molar-refractivity contribution in [1.29, 1.82) is 0 Å². The zero-order valence-corrected chi connectivity index (χ0v) is 20.1. The van der Waals surface area contributed by atoms with Crippen LogP contribution in [0.25, 0.3) is 0 Å². The number of thioether (sulfide) groups is 2. The van der Waals surface area contributed by atoms with Crippen LogP contribution in [0, 0.1) is 41.5 Å². The van der Waals surface area contributed by atoms with E-state index < -0.39 is 0 Å². The first kappa shape index (κ1) is 21.4. The SMILES string of the molecule is COc1c(C)c2c(C)c(c1C)CSCc1c(C)c(c(C)c(OC)c1C)CSC2. The summed E-state index contributed by atoms with van der Waals surface area (Å²) in [5.41, 5.74) is 13.9. The molecule has 28 heavy (non-hydrogen) atoms. The van der Waals surface area contributed by atoms with Gasteiger partial charge < -0.3 is 9.47 Å². The summed E-state index contributed by atoms with van der Waals surface area (Å²) >= 11 is 4.00. The van der Waals surface area contributed by atoms with E-state index in [2.05, 4.69) is 41.5 Å². The van der Waals surface area contributed by atoms with Gasteiger partial charge in [0, 0.05) is 23.0 Å². The Morgan fingerprint density at radius 3 is 0.929 bits per heavy atom. The minimum atomic E-state index is 1.01. The Bertz CT molecular complexity index is 778. The normalized spacial score (nSPS) is 14.3. The average molecular weight is 417 g/mol. The summed E-state index contributed by atoms with van der Waals surface area (Å²) in [6.07, 6.45) is 0. The summed E-state index contributed by atoms with van der Waals surface area (Å²) in [5.74, 6) is 6.18. The number of hydrogen-bond acceptors (Lipinski definition) is 4. The molecular weight excluding hydrogens is 384 g/mol. The molecule has 0 saturated heterocycles. The highest BCUT2D eigenvalue weighted by molar-refractivity contribution is 7.98. The molecule has 1 heterocycles. The summed E-state index contributed by atoms with van der Waals surface area (Å²) in [7, 11) is 3.60. The number of hydrogen-bond donors (Lipinski definition) is 0. The monoisotopic (exact) mass is 416 g/mol. The summed E-state index contributed by atoms with van der Waals surface area (Å²) in [4.78, 5) is 0. The van der Waals surface area contributed by atoms with Gasteiger partial charge in [0.2, 0.25) is 0 Å². The molecule has 1 aliphatic heterocycles. The van der Waals surface area contributed by atoms with Crippen molar-refractivity contribution in [2.45, 2.75) is 64.6 Å². The Balaban J connectivity index is 2.13. The second-order valence-electron chi connectivity index (χ2n) is 7.72. The van der Waals surface area contributed by atoms with E-state index in [4.69, 9.17) is 9.47 Å². The van der Waals surface area contributed by atoms with E-state index >= 15 is 0 Å². The lowest BCUT2D eigenvalue weighted by molar-refractivity contribution is 0.407. The summed E-state index contributed by atoms with van der Waals surface area (Å²) < 4.78 is 11.6. The van der Waals surface area contributed by atoms with Crippen molar-refractivity contribution in [3.63, 3.8) is 0 Å². The van der Waals surface area contributed by atoms with Gasteiger partial charge in [0.25, 0.3) is 0 Å². The highest BCUT2D eigenvalue weighted by atomic mass is 32.2. The molecule has 0 spiro atoms. The van der Waals surface area contributed by atoms with Gasteiger partial charge in [-0.05, 0) is 97.2 Å². The molecule has 0 amide bonds. The maximum absolute atomic E-state index is 5.81. The van der Waals surface area contributed by atoms with Crippen molar-refractivity contribution in [2.75, 3.05) is 14.2 Å². The minimum absolute atomic E-state index is 1.01. The largest absolute Gasteiger partial charge is 0.496 e. The average Bonchev–Trinajstić information content (AvgIpc) is 2.65. The molecule has 4 heteroatoms. The van der Waals surface area contributed by atoms with Crippen LogP contribution in [0.5, 0.6) is 11.5 Å². The first-order chi connectivity index (χ1) is 13.3. The van der Waals surface area contributed by atoms with Gasteiger partial charge >= 0.3 is 0 Å². The maximum atomic E-state index is 5.81. The van der Waals surface area contributed by atoms with Crippen LogP contribution in [0.4, 0.5) is 0 Å². The van der Waals surface area contributed by atoms with E-state index in [1.807, 2.05) is 23.5 Å². The van der Waals surface area contributed by atoms with Gasteiger partial charge in [-0.2, -0.15) is 23.5 Å². The van der Waals surface area contributed by atoms with E-state index in [0.717, 1.165) is 34.5 Å². The molecule has 3 rings (SSSR count). The zero-order chi connectivity index (χ0) is 20.6. The van der Waals surface area contributed by atoms with Crippen LogP contribution in [0.1, 0.15) is 55.6 Å². The van der Waals surface area contributed by atoms with Crippen LogP contribution in [0.2, 0.25) is 0 Å². The molecule has 2 aromatic carbocycles. The Kier molecular flexibility index (Phi) is 6.61. The van der Waals surface area contributed by atoms with E-state index in [-0.39, 0.29) is 0 Å². The second kappa shape index (κ2) is 8.62. The second-order valence-corrected chi connectivity index (χ2v) is 9.69. The smallest absolute Gasteiger partial charge is 0.125 e. The summed E-state index contributed by atoms with van der Waals surface area (Å²) in [5, 5.41) is 0. The lowest BCUT2D eigenvalue weighted by Gasteiger charge is -2.24. The van der Waals surface area contributed by atoms with Crippen molar-refractivity contribution in [3.8, 4) is 11.5 Å². The van der Waals surface area contributed by atoms with Gasteiger partial charge in [-0.1, -0.05) is 0 Å². The van der Waals surface area contributed by atoms with Gasteiger partial charge in [0.1, 0.15) is 11.5 Å². The first-order valence-corrected chi connectivity index (χ1v) is 12.1. The number of fused-ring (bicyclic) bond motifs is 4. The fourth-order valence-electron chi connectivity index (χ4n) is 4.59. The third-order valence-corrected chi connectivity index (χ3v) is 8.35. The lowest BCUT2D eigenvalue weighted by Crippen LogP contribution is -2.08. The van der Waals surface area contributed by atoms with Gasteiger partial charge in [-0.3, -0.25) is 0 Å². The van der Waals surface area contributed by atoms with Crippen molar-refractivity contribution in [1.82, 2.24) is 0 Å². The van der Waals surface area contributed by atoms with E-state index in [0.29, 0.717) is 0 Å². The molecule has 0 unspecified atom stereocenters. The Labute approximate surface area is 178 Å². The number of rotatable bonds is 2. The van der Waals surface area contributed by atoms with Gasteiger partial charge in [-0.15, -0.1) is 0 Å². The van der Waals surface area contributed by atoms with Crippen molar-refractivity contribution >= 4 is 23.5 Å². The zero-order valence-electron chi connectivity index (χ0n) is 18.5. The van der Waals surface area contributed by atoms with E-state index in [1.165, 1.54) is 55.6 Å². The molecule has 0 N–H and O–H groups in total. The summed E-state index contributed by atoms with van der Waals surface area (Å²) in [6, 6.07) is 0. The maximum Gasteiger partial charge on any atom is 0.125 e. The number of benzene rings is 2. The highest BCUT2D eigenvalue weighted by Crippen LogP contribution is 2.41. The molecule has 2 nitrogen and oxygen atoms in total. The van der Waals surface area contributed by atoms with Crippen LogP contribution >= 0.6 is 23.5 Å².